The monoisotopic (exact) mass is 630 g/mol. The van der Waals surface area contributed by atoms with Crippen LogP contribution in [-0.4, -0.2) is 46.6 Å². The molecule has 2 aromatic heterocycles. The third-order valence-corrected chi connectivity index (χ3v) is 7.59. The van der Waals surface area contributed by atoms with Gasteiger partial charge in [-0.15, -0.1) is 0 Å². The van der Waals surface area contributed by atoms with Crippen molar-refractivity contribution in [2.24, 2.45) is 10.2 Å². The van der Waals surface area contributed by atoms with E-state index in [9.17, 15) is 0 Å². The van der Waals surface area contributed by atoms with Gasteiger partial charge in [0.1, 0.15) is 11.5 Å². The molecular weight excluding hydrogens is 600 g/mol. The van der Waals surface area contributed by atoms with E-state index in [1.807, 2.05) is 121 Å². The topological polar surface area (TPSA) is 119 Å². The van der Waals surface area contributed by atoms with Crippen molar-refractivity contribution < 1.29 is 9.47 Å². The first-order valence-corrected chi connectivity index (χ1v) is 15.2. The van der Waals surface area contributed by atoms with Crippen LogP contribution in [0.15, 0.2) is 132 Å². The molecule has 0 saturated heterocycles. The molecule has 0 fully saturated rings. The van der Waals surface area contributed by atoms with Gasteiger partial charge in [-0.05, 0) is 90.0 Å². The lowest BCUT2D eigenvalue weighted by molar-refractivity contribution is 0.414. The van der Waals surface area contributed by atoms with Crippen molar-refractivity contribution >= 4 is 45.9 Å². The number of fused-ring (bicyclic) bond motifs is 2. The molecule has 0 saturated carbocycles. The maximum atomic E-state index is 5.25. The van der Waals surface area contributed by atoms with Crippen molar-refractivity contribution in [1.29, 1.82) is 0 Å². The van der Waals surface area contributed by atoms with Crippen LogP contribution < -0.4 is 20.3 Å². The van der Waals surface area contributed by atoms with Crippen LogP contribution in [0.5, 0.6) is 11.5 Å². The van der Waals surface area contributed by atoms with Gasteiger partial charge in [0.05, 0.1) is 37.7 Å². The van der Waals surface area contributed by atoms with Crippen molar-refractivity contribution in [2.45, 2.75) is 0 Å². The van der Waals surface area contributed by atoms with Crippen LogP contribution in [0.1, 0.15) is 11.1 Å². The summed E-state index contributed by atoms with van der Waals surface area (Å²) in [5.41, 5.74) is 11.3. The molecule has 5 aromatic carbocycles. The molecule has 10 nitrogen and oxygen atoms in total. The first-order valence-electron chi connectivity index (χ1n) is 15.2. The average Bonchev–Trinajstić information content (AvgIpc) is 3.15. The Morgan fingerprint density at radius 2 is 0.938 bits per heavy atom. The van der Waals surface area contributed by atoms with Crippen LogP contribution >= 0.6 is 0 Å². The molecule has 0 radical (unpaired) electrons. The molecule has 0 atom stereocenters. The first kappa shape index (κ1) is 30.0. The molecule has 2 N–H and O–H groups in total. The van der Waals surface area contributed by atoms with Crippen molar-refractivity contribution in [2.75, 3.05) is 25.1 Å². The number of nitrogens with zero attached hydrogens (tertiary/aromatic N) is 6. The Bertz CT molecular complexity index is 2110. The molecule has 48 heavy (non-hydrogen) atoms. The van der Waals surface area contributed by atoms with Gasteiger partial charge in [-0.1, -0.05) is 42.5 Å². The molecule has 7 aromatic rings. The van der Waals surface area contributed by atoms with Crippen molar-refractivity contribution in [1.82, 2.24) is 19.9 Å². The molecule has 0 unspecified atom stereocenters. The van der Waals surface area contributed by atoms with E-state index >= 15 is 0 Å². The zero-order chi connectivity index (χ0) is 32.7. The predicted octanol–water partition coefficient (Wildman–Crippen LogP) is 7.82. The fourth-order valence-corrected chi connectivity index (χ4v) is 5.10. The van der Waals surface area contributed by atoms with Crippen LogP contribution in [0.4, 0.5) is 11.6 Å². The van der Waals surface area contributed by atoms with Crippen molar-refractivity contribution in [3.8, 4) is 34.3 Å². The number of ether oxygens (including phenoxy) is 2. The number of methoxy groups -OCH3 is 2. The van der Waals surface area contributed by atoms with E-state index in [1.54, 1.807) is 26.6 Å². The van der Waals surface area contributed by atoms with E-state index in [0.29, 0.717) is 23.3 Å². The van der Waals surface area contributed by atoms with Crippen molar-refractivity contribution in [3.63, 3.8) is 0 Å². The molecule has 0 aliphatic heterocycles. The molecule has 0 aliphatic carbocycles. The van der Waals surface area contributed by atoms with E-state index in [1.165, 1.54) is 0 Å². The molecule has 0 bridgehead atoms. The minimum Gasteiger partial charge on any atom is -0.497 e. The minimum absolute atomic E-state index is 0.543. The highest BCUT2D eigenvalue weighted by Crippen LogP contribution is 2.29. The Morgan fingerprint density at radius 1 is 0.500 bits per heavy atom. The lowest BCUT2D eigenvalue weighted by atomic mass is 10.1. The number of aromatic nitrogens is 4. The molecule has 0 aliphatic rings. The summed E-state index contributed by atoms with van der Waals surface area (Å²) >= 11 is 0. The molecule has 2 heterocycles. The summed E-state index contributed by atoms with van der Waals surface area (Å²) in [4.78, 5) is 19.5. The third kappa shape index (κ3) is 6.63. The van der Waals surface area contributed by atoms with E-state index in [-0.39, 0.29) is 0 Å². The maximum absolute atomic E-state index is 5.25. The van der Waals surface area contributed by atoms with Crippen molar-refractivity contribution in [3.05, 3.63) is 132 Å². The molecule has 0 spiro atoms. The zero-order valence-electron chi connectivity index (χ0n) is 26.2. The molecular formula is C38H30N8O2. The van der Waals surface area contributed by atoms with E-state index in [4.69, 9.17) is 29.4 Å². The Morgan fingerprint density at radius 3 is 1.38 bits per heavy atom. The number of hydrazone groups is 2. The summed E-state index contributed by atoms with van der Waals surface area (Å²) in [7, 11) is 3.28. The van der Waals surface area contributed by atoms with Crippen LogP contribution in [-0.2, 0) is 0 Å². The first-order chi connectivity index (χ1) is 23.7. The number of rotatable bonds is 10. The fraction of sp³-hybridized carbons (Fsp3) is 0.0526. The molecule has 234 valence electrons. The number of hydrogen-bond donors (Lipinski definition) is 2. The Balaban J connectivity index is 1.20. The van der Waals surface area contributed by atoms with Crippen LogP contribution in [0.3, 0.4) is 0 Å². The summed E-state index contributed by atoms with van der Waals surface area (Å²) in [6, 6.07) is 38.8. The second-order valence-electron chi connectivity index (χ2n) is 10.7. The lowest BCUT2D eigenvalue weighted by Crippen LogP contribution is -2.01. The van der Waals surface area contributed by atoms with Crippen LogP contribution in [0, 0.1) is 0 Å². The summed E-state index contributed by atoms with van der Waals surface area (Å²) in [6.07, 6.45) is 3.47. The molecule has 0 amide bonds. The fourth-order valence-electron chi connectivity index (χ4n) is 5.10. The Labute approximate surface area is 276 Å². The van der Waals surface area contributed by atoms with Gasteiger partial charge in [-0.2, -0.15) is 10.2 Å². The van der Waals surface area contributed by atoms with Crippen LogP contribution in [0.2, 0.25) is 0 Å². The second-order valence-corrected chi connectivity index (χ2v) is 10.7. The quantitative estimate of drug-likeness (QED) is 0.116. The van der Waals surface area contributed by atoms with Gasteiger partial charge in [-0.25, -0.2) is 19.9 Å². The SMILES string of the molecule is COc1ccc(/C=N/Nc2nc(-c3cccc(-c4nc(N/N=C/c5ccc(OC)cc5)c5ccccc5n4)c3)nc3ccccc23)cc1. The summed E-state index contributed by atoms with van der Waals surface area (Å²) in [6.45, 7) is 0. The average molecular weight is 631 g/mol. The summed E-state index contributed by atoms with van der Waals surface area (Å²) < 4.78 is 10.5. The lowest BCUT2D eigenvalue weighted by Gasteiger charge is -2.11. The molecule has 7 rings (SSSR count). The van der Waals surface area contributed by atoms with Gasteiger partial charge in [0, 0.05) is 21.9 Å². The van der Waals surface area contributed by atoms with Crippen LogP contribution in [0.25, 0.3) is 44.6 Å². The standard InChI is InChI=1S/C38H30N8O2/c1-47-29-18-14-25(15-19-29)23-39-45-37-31-10-3-5-12-33(31)41-35(43-37)27-8-7-9-28(22-27)36-42-34-13-6-4-11-32(34)38(44-36)46-40-24-26-16-20-30(48-2)21-17-26/h3-24H,1-2H3,(H,41,43,45)(H,42,44,46)/b39-23+,40-24+. The van der Waals surface area contributed by atoms with Gasteiger partial charge in [0.15, 0.2) is 23.3 Å². The second kappa shape index (κ2) is 13.8. The number of para-hydroxylation sites is 2. The normalized spacial score (nSPS) is 11.4. The van der Waals surface area contributed by atoms with Gasteiger partial charge in [0.25, 0.3) is 0 Å². The van der Waals surface area contributed by atoms with Gasteiger partial charge in [-0.3, -0.25) is 10.9 Å². The Kier molecular flexibility index (Phi) is 8.60. The molecule has 10 heteroatoms. The van der Waals surface area contributed by atoms with Gasteiger partial charge in [0.2, 0.25) is 0 Å². The largest absolute Gasteiger partial charge is 0.497 e. The number of benzene rings is 5. The predicted molar refractivity (Wildman–Crippen MR) is 192 cm³/mol. The Hall–Kier alpha value is -6.68. The van der Waals surface area contributed by atoms with E-state index < -0.39 is 0 Å². The van der Waals surface area contributed by atoms with Gasteiger partial charge < -0.3 is 9.47 Å². The van der Waals surface area contributed by atoms with E-state index in [2.05, 4.69) is 21.1 Å². The summed E-state index contributed by atoms with van der Waals surface area (Å²) in [5.74, 6) is 3.84. The van der Waals surface area contributed by atoms with Gasteiger partial charge >= 0.3 is 0 Å². The maximum Gasteiger partial charge on any atom is 0.162 e. The number of hydrogen-bond acceptors (Lipinski definition) is 10. The highest BCUT2D eigenvalue weighted by molar-refractivity contribution is 5.93. The van der Waals surface area contributed by atoms with E-state index in [0.717, 1.165) is 55.6 Å². The third-order valence-electron chi connectivity index (χ3n) is 7.59. The zero-order valence-corrected chi connectivity index (χ0v) is 26.2. The smallest absolute Gasteiger partial charge is 0.162 e. The number of nitrogens with one attached hydrogen (secondary N) is 2. The highest BCUT2D eigenvalue weighted by Gasteiger charge is 2.13. The number of anilines is 2. The minimum atomic E-state index is 0.543. The highest BCUT2D eigenvalue weighted by atomic mass is 16.5. The summed E-state index contributed by atoms with van der Waals surface area (Å²) in [5, 5.41) is 10.6.